The molecule has 1 aromatic heterocycles. The van der Waals surface area contributed by atoms with Gasteiger partial charge in [0, 0.05) is 34.6 Å². The van der Waals surface area contributed by atoms with E-state index in [0.29, 0.717) is 40.5 Å². The summed E-state index contributed by atoms with van der Waals surface area (Å²) >= 11 is 12.2. The van der Waals surface area contributed by atoms with Crippen molar-refractivity contribution in [2.45, 2.75) is 51.5 Å². The molecule has 174 valence electrons. The largest absolute Gasteiger partial charge is 0.484 e. The van der Waals surface area contributed by atoms with Crippen LogP contribution in [0.1, 0.15) is 43.6 Å². The van der Waals surface area contributed by atoms with E-state index in [1.807, 2.05) is 30.0 Å². The molecule has 1 amide bonds. The second-order valence-corrected chi connectivity index (χ2v) is 9.19. The van der Waals surface area contributed by atoms with Crippen molar-refractivity contribution in [2.24, 2.45) is 0 Å². The summed E-state index contributed by atoms with van der Waals surface area (Å²) in [6.07, 6.45) is 5.96. The fourth-order valence-corrected chi connectivity index (χ4v) is 4.39. The predicted octanol–water partition coefficient (Wildman–Crippen LogP) is 6.13. The van der Waals surface area contributed by atoms with Crippen molar-refractivity contribution in [1.29, 1.82) is 0 Å². The molecule has 1 heterocycles. The lowest BCUT2D eigenvalue weighted by atomic mass is 9.94. The van der Waals surface area contributed by atoms with Crippen LogP contribution in [0.4, 0.5) is 0 Å². The number of hydrogen-bond acceptors (Lipinski definition) is 5. The van der Waals surface area contributed by atoms with Crippen LogP contribution in [0, 0.1) is 6.92 Å². The Balaban J connectivity index is 1.41. The van der Waals surface area contributed by atoms with Gasteiger partial charge in [0.1, 0.15) is 5.75 Å². The highest BCUT2D eigenvalue weighted by Crippen LogP contribution is 2.25. The monoisotopic (exact) mass is 487 g/mol. The molecule has 2 aromatic carbocycles. The number of amides is 1. The van der Waals surface area contributed by atoms with Gasteiger partial charge in [-0.15, -0.1) is 0 Å². The Hall–Kier alpha value is -2.57. The van der Waals surface area contributed by atoms with Gasteiger partial charge < -0.3 is 14.2 Å². The lowest BCUT2D eigenvalue weighted by molar-refractivity contribution is -0.136. The number of carbonyl (C=O) groups is 1. The van der Waals surface area contributed by atoms with Crippen LogP contribution >= 0.6 is 23.2 Å². The van der Waals surface area contributed by atoms with Gasteiger partial charge in [-0.3, -0.25) is 4.79 Å². The molecule has 0 spiro atoms. The zero-order chi connectivity index (χ0) is 23.2. The second kappa shape index (κ2) is 11.0. The molecular formula is C25H27Cl2N3O3. The lowest BCUT2D eigenvalue weighted by Crippen LogP contribution is -2.44. The maximum Gasteiger partial charge on any atom is 0.260 e. The summed E-state index contributed by atoms with van der Waals surface area (Å²) < 4.78 is 11.2. The van der Waals surface area contributed by atoms with Crippen molar-refractivity contribution in [3.05, 3.63) is 64.0 Å². The van der Waals surface area contributed by atoms with Crippen molar-refractivity contribution < 1.29 is 14.1 Å². The highest BCUT2D eigenvalue weighted by Gasteiger charge is 2.26. The molecular weight excluding hydrogens is 461 g/mol. The molecule has 1 aliphatic carbocycles. The van der Waals surface area contributed by atoms with E-state index in [2.05, 4.69) is 10.1 Å². The molecule has 0 radical (unpaired) electrons. The Kier molecular flexibility index (Phi) is 7.89. The Morgan fingerprint density at radius 1 is 1.12 bits per heavy atom. The minimum atomic E-state index is -0.0399. The van der Waals surface area contributed by atoms with Crippen LogP contribution in [0.15, 0.2) is 47.0 Å². The highest BCUT2D eigenvalue weighted by atomic mass is 35.5. The molecule has 0 aliphatic heterocycles. The first-order valence-electron chi connectivity index (χ1n) is 11.3. The molecule has 1 saturated carbocycles. The van der Waals surface area contributed by atoms with E-state index in [0.717, 1.165) is 36.8 Å². The summed E-state index contributed by atoms with van der Waals surface area (Å²) in [5.74, 6) is 1.57. The van der Waals surface area contributed by atoms with Crippen LogP contribution in [-0.2, 0) is 11.2 Å². The topological polar surface area (TPSA) is 68.5 Å². The van der Waals surface area contributed by atoms with Crippen LogP contribution in [0.2, 0.25) is 10.0 Å². The molecule has 4 rings (SSSR count). The predicted molar refractivity (Wildman–Crippen MR) is 129 cm³/mol. The van der Waals surface area contributed by atoms with Gasteiger partial charge in [0.15, 0.2) is 6.61 Å². The number of aromatic nitrogens is 2. The standard InChI is InChI=1S/C25H27Cl2N3O3/c1-17-7-8-18(15-22(17)27)25-28-23(33-29-25)13-14-30(20-5-3-2-4-6-20)24(31)16-32-21-11-9-19(26)10-12-21/h7-12,15,20H,2-6,13-14,16H2,1H3. The third kappa shape index (κ3) is 6.27. The average molecular weight is 488 g/mol. The van der Waals surface area contributed by atoms with E-state index in [1.165, 1.54) is 6.42 Å². The number of carbonyl (C=O) groups excluding carboxylic acids is 1. The van der Waals surface area contributed by atoms with Gasteiger partial charge in [-0.25, -0.2) is 0 Å². The van der Waals surface area contributed by atoms with Crippen molar-refractivity contribution in [2.75, 3.05) is 13.2 Å². The van der Waals surface area contributed by atoms with E-state index < -0.39 is 0 Å². The number of ether oxygens (including phenoxy) is 1. The van der Waals surface area contributed by atoms with E-state index in [4.69, 9.17) is 32.5 Å². The quantitative estimate of drug-likeness (QED) is 0.381. The molecule has 1 aliphatic rings. The first-order valence-corrected chi connectivity index (χ1v) is 12.0. The lowest BCUT2D eigenvalue weighted by Gasteiger charge is -2.34. The second-order valence-electron chi connectivity index (χ2n) is 8.35. The van der Waals surface area contributed by atoms with Gasteiger partial charge in [0.2, 0.25) is 11.7 Å². The van der Waals surface area contributed by atoms with E-state index in [-0.39, 0.29) is 18.6 Å². The maximum atomic E-state index is 13.1. The fraction of sp³-hybridized carbons (Fsp3) is 0.400. The minimum Gasteiger partial charge on any atom is -0.484 e. The summed E-state index contributed by atoms with van der Waals surface area (Å²) in [7, 11) is 0. The summed E-state index contributed by atoms with van der Waals surface area (Å²) in [6, 6.07) is 12.9. The molecule has 0 bridgehead atoms. The summed E-state index contributed by atoms with van der Waals surface area (Å²) in [6.45, 7) is 2.43. The van der Waals surface area contributed by atoms with Crippen molar-refractivity contribution in [3.63, 3.8) is 0 Å². The Morgan fingerprint density at radius 3 is 2.61 bits per heavy atom. The molecule has 0 atom stereocenters. The van der Waals surface area contributed by atoms with Crippen LogP contribution in [0.3, 0.4) is 0 Å². The number of rotatable bonds is 8. The van der Waals surface area contributed by atoms with Crippen LogP contribution in [0.5, 0.6) is 5.75 Å². The van der Waals surface area contributed by atoms with Gasteiger partial charge in [-0.1, -0.05) is 59.8 Å². The fourth-order valence-electron chi connectivity index (χ4n) is 4.08. The Morgan fingerprint density at radius 2 is 1.88 bits per heavy atom. The molecule has 1 fully saturated rings. The van der Waals surface area contributed by atoms with E-state index in [9.17, 15) is 4.79 Å². The molecule has 0 N–H and O–H groups in total. The summed E-state index contributed by atoms with van der Waals surface area (Å²) in [5, 5.41) is 5.38. The number of nitrogens with zero attached hydrogens (tertiary/aromatic N) is 3. The van der Waals surface area contributed by atoms with Crippen molar-refractivity contribution in [1.82, 2.24) is 15.0 Å². The van der Waals surface area contributed by atoms with Crippen LogP contribution < -0.4 is 4.74 Å². The van der Waals surface area contributed by atoms with Gasteiger partial charge in [0.25, 0.3) is 5.91 Å². The zero-order valence-corrected chi connectivity index (χ0v) is 20.1. The third-order valence-electron chi connectivity index (χ3n) is 5.98. The first-order chi connectivity index (χ1) is 16.0. The minimum absolute atomic E-state index is 0.0188. The van der Waals surface area contributed by atoms with Crippen LogP contribution in [0.25, 0.3) is 11.4 Å². The number of aryl methyl sites for hydroxylation is 1. The summed E-state index contributed by atoms with van der Waals surface area (Å²) in [5.41, 5.74) is 1.80. The molecule has 8 heteroatoms. The number of benzene rings is 2. The third-order valence-corrected chi connectivity index (χ3v) is 6.64. The highest BCUT2D eigenvalue weighted by molar-refractivity contribution is 6.31. The smallest absolute Gasteiger partial charge is 0.260 e. The SMILES string of the molecule is Cc1ccc(-c2noc(CCN(C(=O)COc3ccc(Cl)cc3)C3CCCCC3)n2)cc1Cl. The number of hydrogen-bond donors (Lipinski definition) is 0. The Labute approximate surface area is 203 Å². The average Bonchev–Trinajstić information content (AvgIpc) is 3.30. The number of halogens is 2. The van der Waals surface area contributed by atoms with Gasteiger partial charge in [-0.2, -0.15) is 4.98 Å². The normalized spacial score (nSPS) is 14.3. The van der Waals surface area contributed by atoms with Gasteiger partial charge in [-0.05, 0) is 55.7 Å². The van der Waals surface area contributed by atoms with E-state index >= 15 is 0 Å². The summed E-state index contributed by atoms with van der Waals surface area (Å²) in [4.78, 5) is 19.5. The molecule has 0 saturated heterocycles. The first kappa shape index (κ1) is 23.6. The maximum absolute atomic E-state index is 13.1. The molecule has 0 unspecified atom stereocenters. The zero-order valence-electron chi connectivity index (χ0n) is 18.6. The van der Waals surface area contributed by atoms with Crippen molar-refractivity contribution in [3.8, 4) is 17.1 Å². The molecule has 6 nitrogen and oxygen atoms in total. The van der Waals surface area contributed by atoms with Crippen LogP contribution in [-0.4, -0.2) is 40.1 Å². The van der Waals surface area contributed by atoms with Crippen molar-refractivity contribution >= 4 is 29.1 Å². The molecule has 3 aromatic rings. The van der Waals surface area contributed by atoms with E-state index in [1.54, 1.807) is 24.3 Å². The van der Waals surface area contributed by atoms with Gasteiger partial charge in [0.05, 0.1) is 0 Å². The Bertz CT molecular complexity index is 1080. The molecule has 33 heavy (non-hydrogen) atoms. The van der Waals surface area contributed by atoms with Gasteiger partial charge >= 0.3 is 0 Å².